The summed E-state index contributed by atoms with van der Waals surface area (Å²) < 4.78 is 36.7. The Balaban J connectivity index is 2.14. The molecule has 20 heavy (non-hydrogen) atoms. The number of hydrogen-bond donors (Lipinski definition) is 1. The number of halogens is 3. The largest absolute Gasteiger partial charge is 0.389 e. The van der Waals surface area contributed by atoms with Gasteiger partial charge in [-0.2, -0.15) is 13.2 Å². The number of benzene rings is 2. The fourth-order valence-corrected chi connectivity index (χ4v) is 2.07. The summed E-state index contributed by atoms with van der Waals surface area (Å²) in [5, 5.41) is 0. The molecule has 0 spiro atoms. The molecule has 2 aromatic rings. The third-order valence-corrected chi connectivity index (χ3v) is 3.16. The average Bonchev–Trinajstić information content (AvgIpc) is 2.45. The van der Waals surface area contributed by atoms with Gasteiger partial charge in [0.15, 0.2) is 0 Å². The van der Waals surface area contributed by atoms with E-state index in [-0.39, 0.29) is 6.42 Å². The molecule has 1 atom stereocenters. The van der Waals surface area contributed by atoms with Gasteiger partial charge in [-0.15, -0.1) is 0 Å². The van der Waals surface area contributed by atoms with Crippen molar-refractivity contribution in [3.63, 3.8) is 0 Å². The van der Waals surface area contributed by atoms with Gasteiger partial charge in [-0.05, 0) is 29.2 Å². The van der Waals surface area contributed by atoms with Crippen molar-refractivity contribution in [2.45, 2.75) is 25.1 Å². The highest BCUT2D eigenvalue weighted by Gasteiger charge is 2.27. The molecule has 2 aromatic carbocycles. The maximum Gasteiger partial charge on any atom is 0.389 e. The molecule has 0 amide bonds. The molecular weight excluding hydrogens is 263 g/mol. The van der Waals surface area contributed by atoms with Crippen LogP contribution in [0.15, 0.2) is 54.6 Å². The summed E-state index contributed by atoms with van der Waals surface area (Å²) in [4.78, 5) is 0. The molecule has 0 radical (unpaired) electrons. The first-order valence-electron chi connectivity index (χ1n) is 6.43. The Morgan fingerprint density at radius 3 is 2.20 bits per heavy atom. The Morgan fingerprint density at radius 1 is 0.900 bits per heavy atom. The molecular formula is C16H16F3N. The van der Waals surface area contributed by atoms with Crippen LogP contribution in [0, 0.1) is 0 Å². The predicted octanol–water partition coefficient (Wildman–Crippen LogP) is 4.70. The topological polar surface area (TPSA) is 26.0 Å². The van der Waals surface area contributed by atoms with E-state index in [1.54, 1.807) is 6.07 Å². The van der Waals surface area contributed by atoms with Crippen molar-refractivity contribution < 1.29 is 13.2 Å². The van der Waals surface area contributed by atoms with Crippen molar-refractivity contribution in [3.8, 4) is 11.1 Å². The number of nitrogens with two attached hydrogens (primary N) is 1. The summed E-state index contributed by atoms with van der Waals surface area (Å²) in [6.07, 6.45) is -5.11. The van der Waals surface area contributed by atoms with Crippen LogP contribution in [-0.4, -0.2) is 6.18 Å². The number of rotatable bonds is 4. The zero-order chi connectivity index (χ0) is 14.6. The second kappa shape index (κ2) is 6.09. The van der Waals surface area contributed by atoms with Crippen LogP contribution in [-0.2, 0) is 0 Å². The molecule has 2 rings (SSSR count). The molecule has 0 aromatic heterocycles. The minimum atomic E-state index is -4.16. The second-order valence-electron chi connectivity index (χ2n) is 4.75. The van der Waals surface area contributed by atoms with Crippen LogP contribution in [0.25, 0.3) is 11.1 Å². The molecule has 1 nitrogen and oxygen atoms in total. The summed E-state index contributed by atoms with van der Waals surface area (Å²) in [7, 11) is 0. The summed E-state index contributed by atoms with van der Waals surface area (Å²) in [5.41, 5.74) is 8.57. The lowest BCUT2D eigenvalue weighted by Crippen LogP contribution is -2.15. The smallest absolute Gasteiger partial charge is 0.324 e. The van der Waals surface area contributed by atoms with E-state index in [2.05, 4.69) is 0 Å². The lowest BCUT2D eigenvalue weighted by Gasteiger charge is -2.14. The van der Waals surface area contributed by atoms with Gasteiger partial charge in [0.05, 0.1) is 0 Å². The van der Waals surface area contributed by atoms with Gasteiger partial charge in [-0.25, -0.2) is 0 Å². The zero-order valence-corrected chi connectivity index (χ0v) is 10.9. The van der Waals surface area contributed by atoms with Crippen molar-refractivity contribution in [1.29, 1.82) is 0 Å². The maximum absolute atomic E-state index is 12.2. The molecule has 4 heteroatoms. The van der Waals surface area contributed by atoms with Crippen molar-refractivity contribution in [1.82, 2.24) is 0 Å². The van der Waals surface area contributed by atoms with E-state index < -0.39 is 18.6 Å². The van der Waals surface area contributed by atoms with E-state index in [0.717, 1.165) is 16.7 Å². The van der Waals surface area contributed by atoms with Crippen molar-refractivity contribution in [2.75, 3.05) is 0 Å². The van der Waals surface area contributed by atoms with Crippen LogP contribution in [0.1, 0.15) is 24.4 Å². The number of alkyl halides is 3. The normalized spacial score (nSPS) is 13.2. The van der Waals surface area contributed by atoms with E-state index >= 15 is 0 Å². The van der Waals surface area contributed by atoms with E-state index in [9.17, 15) is 13.2 Å². The lowest BCUT2D eigenvalue weighted by molar-refractivity contribution is -0.136. The van der Waals surface area contributed by atoms with E-state index in [1.807, 2.05) is 48.5 Å². The molecule has 0 saturated heterocycles. The van der Waals surface area contributed by atoms with Gasteiger partial charge in [0.2, 0.25) is 0 Å². The van der Waals surface area contributed by atoms with E-state index in [0.29, 0.717) is 0 Å². The van der Waals surface area contributed by atoms with Gasteiger partial charge < -0.3 is 5.73 Å². The summed E-state index contributed by atoms with van der Waals surface area (Å²) in [6.45, 7) is 0. The van der Waals surface area contributed by atoms with Crippen LogP contribution in [0.2, 0.25) is 0 Å². The third-order valence-electron chi connectivity index (χ3n) is 3.16. The monoisotopic (exact) mass is 279 g/mol. The Hall–Kier alpha value is -1.81. The summed E-state index contributed by atoms with van der Waals surface area (Å²) >= 11 is 0. The van der Waals surface area contributed by atoms with Gasteiger partial charge in [0.1, 0.15) is 0 Å². The van der Waals surface area contributed by atoms with Crippen LogP contribution in [0.4, 0.5) is 13.2 Å². The molecule has 2 N–H and O–H groups in total. The molecule has 0 aliphatic carbocycles. The minimum Gasteiger partial charge on any atom is -0.324 e. The zero-order valence-electron chi connectivity index (χ0n) is 10.9. The van der Waals surface area contributed by atoms with Crippen LogP contribution >= 0.6 is 0 Å². The quantitative estimate of drug-likeness (QED) is 0.862. The standard InChI is InChI=1S/C16H16F3N/c17-16(18,19)10-9-15(20)14-8-4-7-13(11-14)12-5-2-1-3-6-12/h1-8,11,15H,9-10,20H2/t15-/m1/s1. The Bertz CT molecular complexity index is 549. The predicted molar refractivity (Wildman–Crippen MR) is 74.1 cm³/mol. The molecule has 0 aliphatic rings. The molecule has 0 fully saturated rings. The first kappa shape index (κ1) is 14.6. The van der Waals surface area contributed by atoms with Gasteiger partial charge in [-0.1, -0.05) is 48.5 Å². The molecule has 106 valence electrons. The van der Waals surface area contributed by atoms with Crippen LogP contribution in [0.3, 0.4) is 0 Å². The van der Waals surface area contributed by atoms with E-state index in [4.69, 9.17) is 5.73 Å². The molecule has 0 saturated carbocycles. The summed E-state index contributed by atoms with van der Waals surface area (Å²) in [5.74, 6) is 0. The lowest BCUT2D eigenvalue weighted by atomic mass is 9.97. The second-order valence-corrected chi connectivity index (χ2v) is 4.75. The summed E-state index contributed by atoms with van der Waals surface area (Å²) in [6, 6.07) is 16.5. The fraction of sp³-hybridized carbons (Fsp3) is 0.250. The Morgan fingerprint density at radius 2 is 1.55 bits per heavy atom. The van der Waals surface area contributed by atoms with Crippen molar-refractivity contribution in [3.05, 3.63) is 60.2 Å². The molecule has 0 unspecified atom stereocenters. The Kier molecular flexibility index (Phi) is 4.45. The highest BCUT2D eigenvalue weighted by molar-refractivity contribution is 5.64. The van der Waals surface area contributed by atoms with Crippen molar-refractivity contribution >= 4 is 0 Å². The average molecular weight is 279 g/mol. The van der Waals surface area contributed by atoms with Gasteiger partial charge in [-0.3, -0.25) is 0 Å². The molecule has 0 heterocycles. The van der Waals surface area contributed by atoms with Crippen LogP contribution in [0.5, 0.6) is 0 Å². The number of hydrogen-bond acceptors (Lipinski definition) is 1. The molecule has 0 bridgehead atoms. The minimum absolute atomic E-state index is 0.0955. The van der Waals surface area contributed by atoms with Gasteiger partial charge in [0.25, 0.3) is 0 Å². The van der Waals surface area contributed by atoms with E-state index in [1.165, 1.54) is 0 Å². The van der Waals surface area contributed by atoms with Gasteiger partial charge in [0, 0.05) is 12.5 Å². The fourth-order valence-electron chi connectivity index (χ4n) is 2.07. The highest BCUT2D eigenvalue weighted by Crippen LogP contribution is 2.28. The first-order valence-corrected chi connectivity index (χ1v) is 6.43. The Labute approximate surface area is 116 Å². The van der Waals surface area contributed by atoms with Crippen LogP contribution < -0.4 is 5.73 Å². The van der Waals surface area contributed by atoms with Crippen molar-refractivity contribution in [2.24, 2.45) is 5.73 Å². The van der Waals surface area contributed by atoms with Gasteiger partial charge >= 0.3 is 6.18 Å². The molecule has 0 aliphatic heterocycles. The third kappa shape index (κ3) is 4.10. The SMILES string of the molecule is N[C@H](CCC(F)(F)F)c1cccc(-c2ccccc2)c1. The highest BCUT2D eigenvalue weighted by atomic mass is 19.4. The maximum atomic E-state index is 12.2. The first-order chi connectivity index (χ1) is 9.46.